The summed E-state index contributed by atoms with van der Waals surface area (Å²) in [6.45, 7) is 0.925. The minimum atomic E-state index is -0.953. The third-order valence-corrected chi connectivity index (χ3v) is 4.68. The van der Waals surface area contributed by atoms with Gasteiger partial charge in [0.05, 0.1) is 18.6 Å². The van der Waals surface area contributed by atoms with Crippen molar-refractivity contribution in [1.82, 2.24) is 4.90 Å². The summed E-state index contributed by atoms with van der Waals surface area (Å²) in [6, 6.07) is 9.70. The van der Waals surface area contributed by atoms with Crippen molar-refractivity contribution in [3.63, 3.8) is 0 Å². The van der Waals surface area contributed by atoms with Crippen molar-refractivity contribution < 1.29 is 19.4 Å². The second-order valence-electron chi connectivity index (χ2n) is 5.92. The van der Waals surface area contributed by atoms with E-state index in [1.807, 2.05) is 36.4 Å². The summed E-state index contributed by atoms with van der Waals surface area (Å²) in [4.78, 5) is 25.8. The van der Waals surface area contributed by atoms with E-state index in [0.29, 0.717) is 13.1 Å². The molecule has 1 N–H and O–H groups in total. The summed E-state index contributed by atoms with van der Waals surface area (Å²) in [7, 11) is 0. The lowest BCUT2D eigenvalue weighted by Gasteiger charge is -2.21. The fourth-order valence-corrected chi connectivity index (χ4v) is 3.80. The maximum Gasteiger partial charge on any atom is 0.310 e. The molecule has 1 aromatic rings. The van der Waals surface area contributed by atoms with Gasteiger partial charge in [-0.3, -0.25) is 9.59 Å². The van der Waals surface area contributed by atoms with E-state index in [2.05, 4.69) is 0 Å². The number of carbonyl (C=O) groups excluding carboxylic acids is 1. The van der Waals surface area contributed by atoms with E-state index in [1.54, 1.807) is 11.0 Å². The lowest BCUT2D eigenvalue weighted by atomic mass is 9.77. The van der Waals surface area contributed by atoms with Crippen LogP contribution in [0.15, 0.2) is 42.5 Å². The van der Waals surface area contributed by atoms with Crippen molar-refractivity contribution in [2.75, 3.05) is 6.54 Å². The molecule has 3 aliphatic heterocycles. The van der Waals surface area contributed by atoms with Gasteiger partial charge in [0.2, 0.25) is 5.91 Å². The van der Waals surface area contributed by atoms with Crippen molar-refractivity contribution in [3.8, 4) is 0 Å². The lowest BCUT2D eigenvalue weighted by Crippen LogP contribution is -2.39. The van der Waals surface area contributed by atoms with Gasteiger partial charge in [0.1, 0.15) is 11.5 Å². The van der Waals surface area contributed by atoms with E-state index in [9.17, 15) is 14.7 Å². The number of fused-ring (bicyclic) bond motifs is 1. The molecule has 5 nitrogen and oxygen atoms in total. The van der Waals surface area contributed by atoms with Crippen molar-refractivity contribution in [2.45, 2.75) is 18.2 Å². The quantitative estimate of drug-likeness (QED) is 0.843. The Morgan fingerprint density at radius 1 is 1.38 bits per heavy atom. The molecule has 4 rings (SSSR count). The minimum absolute atomic E-state index is 0.113. The smallest absolute Gasteiger partial charge is 0.310 e. The molecule has 1 aromatic carbocycles. The van der Waals surface area contributed by atoms with Crippen LogP contribution in [0.3, 0.4) is 0 Å². The van der Waals surface area contributed by atoms with Crippen LogP contribution in [0.2, 0.25) is 0 Å². The summed E-state index contributed by atoms with van der Waals surface area (Å²) in [5.74, 6) is -2.42. The Labute approximate surface area is 121 Å². The van der Waals surface area contributed by atoms with Gasteiger partial charge in [0, 0.05) is 6.54 Å². The summed E-state index contributed by atoms with van der Waals surface area (Å²) in [5, 5.41) is 9.39. The van der Waals surface area contributed by atoms with Crippen LogP contribution in [0.1, 0.15) is 5.56 Å². The molecule has 21 heavy (non-hydrogen) atoms. The van der Waals surface area contributed by atoms with Gasteiger partial charge < -0.3 is 14.7 Å². The molecule has 2 fully saturated rings. The first-order valence-corrected chi connectivity index (χ1v) is 7.03. The van der Waals surface area contributed by atoms with Crippen molar-refractivity contribution >= 4 is 11.9 Å². The summed E-state index contributed by atoms with van der Waals surface area (Å²) in [5.41, 5.74) is 0.298. The fraction of sp³-hybridized carbons (Fsp3) is 0.375. The Morgan fingerprint density at radius 2 is 2.14 bits per heavy atom. The highest BCUT2D eigenvalue weighted by atomic mass is 16.5. The SMILES string of the molecule is O=C(O)[C@H]1[C@@H]2C=C[C@]3(CN(Cc4ccccc4)C(=O)[C@@H]13)O2. The molecule has 0 unspecified atom stereocenters. The molecule has 2 bridgehead atoms. The van der Waals surface area contributed by atoms with Crippen LogP contribution in [0.5, 0.6) is 0 Å². The molecule has 1 spiro atoms. The fourth-order valence-electron chi connectivity index (χ4n) is 3.80. The molecule has 3 heterocycles. The van der Waals surface area contributed by atoms with Crippen LogP contribution in [-0.4, -0.2) is 40.1 Å². The molecular formula is C16H15NO4. The topological polar surface area (TPSA) is 66.8 Å². The normalized spacial score (nSPS) is 36.3. The van der Waals surface area contributed by atoms with Crippen LogP contribution in [0, 0.1) is 11.8 Å². The molecule has 0 aromatic heterocycles. The number of benzene rings is 1. The summed E-state index contributed by atoms with van der Waals surface area (Å²) < 4.78 is 5.84. The number of rotatable bonds is 3. The molecule has 0 saturated carbocycles. The van der Waals surface area contributed by atoms with Crippen LogP contribution < -0.4 is 0 Å². The van der Waals surface area contributed by atoms with Crippen molar-refractivity contribution in [1.29, 1.82) is 0 Å². The van der Waals surface area contributed by atoms with Gasteiger partial charge in [-0.2, -0.15) is 0 Å². The Kier molecular flexibility index (Phi) is 2.50. The van der Waals surface area contributed by atoms with Gasteiger partial charge in [0.25, 0.3) is 0 Å². The number of hydrogen-bond acceptors (Lipinski definition) is 3. The third kappa shape index (κ3) is 1.67. The molecule has 3 aliphatic rings. The molecule has 1 amide bonds. The Balaban J connectivity index is 1.63. The lowest BCUT2D eigenvalue weighted by molar-refractivity contribution is -0.148. The second kappa shape index (κ2) is 4.18. The Bertz CT molecular complexity index is 641. The molecule has 2 saturated heterocycles. The number of amides is 1. The average Bonchev–Trinajstić information content (AvgIpc) is 3.09. The average molecular weight is 285 g/mol. The largest absolute Gasteiger partial charge is 0.481 e. The molecule has 0 aliphatic carbocycles. The van der Waals surface area contributed by atoms with E-state index >= 15 is 0 Å². The second-order valence-corrected chi connectivity index (χ2v) is 5.92. The molecule has 108 valence electrons. The van der Waals surface area contributed by atoms with Crippen molar-refractivity contribution in [2.24, 2.45) is 11.8 Å². The number of carbonyl (C=O) groups is 2. The maximum atomic E-state index is 12.6. The van der Waals surface area contributed by atoms with Gasteiger partial charge in [-0.05, 0) is 5.56 Å². The van der Waals surface area contributed by atoms with E-state index in [-0.39, 0.29) is 5.91 Å². The highest BCUT2D eigenvalue weighted by Gasteiger charge is 2.66. The first kappa shape index (κ1) is 12.6. The predicted octanol–water partition coefficient (Wildman–Crippen LogP) is 1.05. The van der Waals surface area contributed by atoms with Crippen LogP contribution in [-0.2, 0) is 20.9 Å². The van der Waals surface area contributed by atoms with E-state index in [0.717, 1.165) is 5.56 Å². The van der Waals surface area contributed by atoms with Crippen LogP contribution in [0.4, 0.5) is 0 Å². The number of nitrogens with zero attached hydrogens (tertiary/aromatic N) is 1. The number of hydrogen-bond donors (Lipinski definition) is 1. The van der Waals surface area contributed by atoms with Gasteiger partial charge in [-0.1, -0.05) is 42.5 Å². The van der Waals surface area contributed by atoms with Crippen LogP contribution >= 0.6 is 0 Å². The summed E-state index contributed by atoms with van der Waals surface area (Å²) in [6.07, 6.45) is 3.20. The first-order chi connectivity index (χ1) is 10.1. The van der Waals surface area contributed by atoms with Gasteiger partial charge in [-0.25, -0.2) is 0 Å². The first-order valence-electron chi connectivity index (χ1n) is 7.03. The van der Waals surface area contributed by atoms with E-state index in [1.165, 1.54) is 0 Å². The molecular weight excluding hydrogens is 270 g/mol. The Hall–Kier alpha value is -2.14. The van der Waals surface area contributed by atoms with Gasteiger partial charge >= 0.3 is 5.97 Å². The van der Waals surface area contributed by atoms with Gasteiger partial charge in [0.15, 0.2) is 0 Å². The van der Waals surface area contributed by atoms with Crippen molar-refractivity contribution in [3.05, 3.63) is 48.0 Å². The molecule has 5 heteroatoms. The number of likely N-dealkylation sites (tertiary alicyclic amines) is 1. The monoisotopic (exact) mass is 285 g/mol. The standard InChI is InChI=1S/C16H15NO4/c18-14-13-12(15(19)20)11-6-7-16(13,21-11)9-17(14)8-10-4-2-1-3-5-10/h1-7,11-13H,8-9H2,(H,19,20)/t11-,12-,13+,16+/m0/s1. The van der Waals surface area contributed by atoms with Crippen LogP contribution in [0.25, 0.3) is 0 Å². The number of carboxylic acid groups (broad SMARTS) is 1. The summed E-state index contributed by atoms with van der Waals surface area (Å²) >= 11 is 0. The molecule has 4 atom stereocenters. The maximum absolute atomic E-state index is 12.6. The zero-order chi connectivity index (χ0) is 14.6. The zero-order valence-electron chi connectivity index (χ0n) is 11.3. The van der Waals surface area contributed by atoms with Gasteiger partial charge in [-0.15, -0.1) is 0 Å². The zero-order valence-corrected chi connectivity index (χ0v) is 11.3. The molecule has 0 radical (unpaired) electrons. The predicted molar refractivity (Wildman–Crippen MR) is 73.2 cm³/mol. The number of aliphatic carboxylic acids is 1. The minimum Gasteiger partial charge on any atom is -0.481 e. The highest BCUT2D eigenvalue weighted by molar-refractivity contribution is 5.90. The third-order valence-electron chi connectivity index (χ3n) is 4.68. The highest BCUT2D eigenvalue weighted by Crippen LogP contribution is 2.52. The van der Waals surface area contributed by atoms with E-state index < -0.39 is 29.5 Å². The Morgan fingerprint density at radius 3 is 2.86 bits per heavy atom. The number of carboxylic acids is 1. The van der Waals surface area contributed by atoms with E-state index in [4.69, 9.17) is 4.74 Å². The number of ether oxygens (including phenoxy) is 1.